The molecule has 84 valence electrons. The second kappa shape index (κ2) is 5.14. The van der Waals surface area contributed by atoms with Crippen LogP contribution in [0, 0.1) is 0 Å². The fourth-order valence-corrected chi connectivity index (χ4v) is 1.70. The van der Waals surface area contributed by atoms with Gasteiger partial charge in [-0.05, 0) is 51.5 Å². The van der Waals surface area contributed by atoms with Crippen LogP contribution in [0.2, 0.25) is 0 Å². The number of hydrogen-bond donors (Lipinski definition) is 1. The van der Waals surface area contributed by atoms with Crippen molar-refractivity contribution in [2.45, 2.75) is 13.1 Å². The summed E-state index contributed by atoms with van der Waals surface area (Å²) >= 11 is 0. The minimum absolute atomic E-state index is 0.853. The van der Waals surface area contributed by atoms with Crippen molar-refractivity contribution in [3.63, 3.8) is 0 Å². The first-order valence-electron chi connectivity index (χ1n) is 5.15. The van der Waals surface area contributed by atoms with Crippen LogP contribution in [-0.2, 0) is 13.1 Å². The van der Waals surface area contributed by atoms with Gasteiger partial charge in [0.1, 0.15) is 0 Å². The summed E-state index contributed by atoms with van der Waals surface area (Å²) < 4.78 is 0. The van der Waals surface area contributed by atoms with Crippen LogP contribution in [0.4, 0.5) is 5.69 Å². The minimum Gasteiger partial charge on any atom is -0.399 e. The largest absolute Gasteiger partial charge is 0.399 e. The van der Waals surface area contributed by atoms with Crippen LogP contribution in [0.1, 0.15) is 11.1 Å². The zero-order valence-corrected chi connectivity index (χ0v) is 10.1. The van der Waals surface area contributed by atoms with Gasteiger partial charge in [-0.3, -0.25) is 0 Å². The van der Waals surface area contributed by atoms with Crippen LogP contribution in [-0.4, -0.2) is 38.0 Å². The van der Waals surface area contributed by atoms with Crippen molar-refractivity contribution in [1.82, 2.24) is 9.80 Å². The van der Waals surface area contributed by atoms with Gasteiger partial charge in [-0.15, -0.1) is 0 Å². The van der Waals surface area contributed by atoms with E-state index < -0.39 is 0 Å². The van der Waals surface area contributed by atoms with Gasteiger partial charge >= 0.3 is 0 Å². The van der Waals surface area contributed by atoms with E-state index in [0.29, 0.717) is 0 Å². The summed E-state index contributed by atoms with van der Waals surface area (Å²) in [6.45, 7) is 1.87. The average Bonchev–Trinajstić information content (AvgIpc) is 1.98. The zero-order valence-electron chi connectivity index (χ0n) is 10.1. The molecule has 3 heteroatoms. The lowest BCUT2D eigenvalue weighted by Gasteiger charge is -2.14. The van der Waals surface area contributed by atoms with E-state index in [1.54, 1.807) is 0 Å². The summed E-state index contributed by atoms with van der Waals surface area (Å²) in [6.07, 6.45) is 0. The minimum atomic E-state index is 0.853. The molecule has 0 bridgehead atoms. The molecule has 1 aromatic rings. The fourth-order valence-electron chi connectivity index (χ4n) is 1.70. The molecule has 1 rings (SSSR count). The molecule has 0 unspecified atom stereocenters. The van der Waals surface area contributed by atoms with Gasteiger partial charge in [0.25, 0.3) is 0 Å². The topological polar surface area (TPSA) is 32.5 Å². The summed E-state index contributed by atoms with van der Waals surface area (Å²) in [5, 5.41) is 0. The Kier molecular flexibility index (Phi) is 4.12. The smallest absolute Gasteiger partial charge is 0.0320 e. The van der Waals surface area contributed by atoms with E-state index in [-0.39, 0.29) is 0 Å². The number of nitrogens with zero attached hydrogens (tertiary/aromatic N) is 2. The van der Waals surface area contributed by atoms with Crippen LogP contribution >= 0.6 is 0 Å². The van der Waals surface area contributed by atoms with Gasteiger partial charge < -0.3 is 15.5 Å². The van der Waals surface area contributed by atoms with Gasteiger partial charge in [-0.1, -0.05) is 6.07 Å². The summed E-state index contributed by atoms with van der Waals surface area (Å²) in [6, 6.07) is 6.30. The van der Waals surface area contributed by atoms with Gasteiger partial charge in [0.05, 0.1) is 0 Å². The van der Waals surface area contributed by atoms with E-state index in [1.165, 1.54) is 11.1 Å². The Labute approximate surface area is 92.5 Å². The van der Waals surface area contributed by atoms with Crippen molar-refractivity contribution >= 4 is 5.69 Å². The molecule has 0 saturated carbocycles. The molecule has 3 nitrogen and oxygen atoms in total. The van der Waals surface area contributed by atoms with Crippen LogP contribution in [0.15, 0.2) is 18.2 Å². The third kappa shape index (κ3) is 4.32. The van der Waals surface area contributed by atoms with Crippen LogP contribution < -0.4 is 5.73 Å². The molecular weight excluding hydrogens is 186 g/mol. The molecule has 0 spiro atoms. The Morgan fingerprint density at radius 1 is 0.867 bits per heavy atom. The standard InChI is InChI=1S/C12H21N3/c1-14(2)8-10-5-11(9-15(3)4)7-12(13)6-10/h5-7H,8-9,13H2,1-4H3. The number of rotatable bonds is 4. The summed E-state index contributed by atoms with van der Waals surface area (Å²) in [7, 11) is 8.26. The van der Waals surface area contributed by atoms with Gasteiger partial charge in [-0.25, -0.2) is 0 Å². The van der Waals surface area contributed by atoms with Crippen molar-refractivity contribution in [1.29, 1.82) is 0 Å². The molecule has 0 aliphatic rings. The fraction of sp³-hybridized carbons (Fsp3) is 0.500. The van der Waals surface area contributed by atoms with E-state index in [1.807, 2.05) is 12.1 Å². The van der Waals surface area contributed by atoms with Crippen LogP contribution in [0.5, 0.6) is 0 Å². The van der Waals surface area contributed by atoms with Crippen LogP contribution in [0.3, 0.4) is 0 Å². The Bertz CT molecular complexity index is 290. The number of benzene rings is 1. The van der Waals surface area contributed by atoms with Gasteiger partial charge in [-0.2, -0.15) is 0 Å². The van der Waals surface area contributed by atoms with E-state index in [2.05, 4.69) is 44.1 Å². The molecule has 0 aromatic heterocycles. The third-order valence-electron chi connectivity index (χ3n) is 2.07. The van der Waals surface area contributed by atoms with Crippen molar-refractivity contribution in [3.05, 3.63) is 29.3 Å². The highest BCUT2D eigenvalue weighted by molar-refractivity contribution is 5.44. The van der Waals surface area contributed by atoms with Crippen molar-refractivity contribution in [2.75, 3.05) is 33.9 Å². The normalized spacial score (nSPS) is 11.3. The molecular formula is C12H21N3. The molecule has 0 fully saturated rings. The van der Waals surface area contributed by atoms with Gasteiger partial charge in [0.15, 0.2) is 0 Å². The monoisotopic (exact) mass is 207 g/mol. The molecule has 0 heterocycles. The third-order valence-corrected chi connectivity index (χ3v) is 2.07. The maximum Gasteiger partial charge on any atom is 0.0320 e. The molecule has 1 aromatic carbocycles. The molecule has 0 atom stereocenters. The van der Waals surface area contributed by atoms with E-state index in [0.717, 1.165) is 18.8 Å². The molecule has 0 saturated heterocycles. The number of nitrogen functional groups attached to an aromatic ring is 1. The Balaban J connectivity index is 2.84. The Morgan fingerprint density at radius 3 is 1.60 bits per heavy atom. The molecule has 0 aliphatic heterocycles. The first-order chi connectivity index (χ1) is 6.97. The lowest BCUT2D eigenvalue weighted by Crippen LogP contribution is -2.13. The molecule has 0 aliphatic carbocycles. The second-order valence-electron chi connectivity index (χ2n) is 4.56. The summed E-state index contributed by atoms with van der Waals surface area (Å²) in [5.41, 5.74) is 9.28. The average molecular weight is 207 g/mol. The SMILES string of the molecule is CN(C)Cc1cc(N)cc(CN(C)C)c1. The summed E-state index contributed by atoms with van der Waals surface area (Å²) in [4.78, 5) is 4.29. The van der Waals surface area contributed by atoms with Crippen molar-refractivity contribution in [3.8, 4) is 0 Å². The highest BCUT2D eigenvalue weighted by Gasteiger charge is 2.01. The van der Waals surface area contributed by atoms with Gasteiger partial charge in [0.2, 0.25) is 0 Å². The highest BCUT2D eigenvalue weighted by Crippen LogP contribution is 2.14. The molecule has 15 heavy (non-hydrogen) atoms. The number of hydrogen-bond acceptors (Lipinski definition) is 3. The quantitative estimate of drug-likeness (QED) is 0.757. The maximum absolute atomic E-state index is 5.87. The maximum atomic E-state index is 5.87. The second-order valence-corrected chi connectivity index (χ2v) is 4.56. The zero-order chi connectivity index (χ0) is 11.4. The van der Waals surface area contributed by atoms with Crippen molar-refractivity contribution < 1.29 is 0 Å². The number of nitrogens with two attached hydrogens (primary N) is 1. The Morgan fingerprint density at radius 2 is 1.27 bits per heavy atom. The molecule has 0 amide bonds. The lowest BCUT2D eigenvalue weighted by molar-refractivity contribution is 0.396. The van der Waals surface area contributed by atoms with E-state index in [4.69, 9.17) is 5.73 Å². The lowest BCUT2D eigenvalue weighted by atomic mass is 10.1. The highest BCUT2D eigenvalue weighted by atomic mass is 15.1. The van der Waals surface area contributed by atoms with Gasteiger partial charge in [0, 0.05) is 18.8 Å². The van der Waals surface area contributed by atoms with Crippen molar-refractivity contribution in [2.24, 2.45) is 0 Å². The Hall–Kier alpha value is -1.06. The first-order valence-corrected chi connectivity index (χ1v) is 5.15. The predicted octanol–water partition coefficient (Wildman–Crippen LogP) is 1.39. The van der Waals surface area contributed by atoms with E-state index in [9.17, 15) is 0 Å². The predicted molar refractivity (Wildman–Crippen MR) is 65.6 cm³/mol. The molecule has 0 radical (unpaired) electrons. The van der Waals surface area contributed by atoms with Crippen LogP contribution in [0.25, 0.3) is 0 Å². The summed E-state index contributed by atoms with van der Waals surface area (Å²) in [5.74, 6) is 0. The van der Waals surface area contributed by atoms with E-state index >= 15 is 0 Å². The first kappa shape index (κ1) is 12.0. The number of anilines is 1. The molecule has 2 N–H and O–H groups in total.